The average Bonchev–Trinajstić information content (AvgIpc) is 3.92. The second-order valence-corrected chi connectivity index (χ2v) is 11.8. The summed E-state index contributed by atoms with van der Waals surface area (Å²) in [4.78, 5) is 0. The minimum atomic E-state index is -0.477. The summed E-state index contributed by atoms with van der Waals surface area (Å²) in [7, 11) is 0. The van der Waals surface area contributed by atoms with Gasteiger partial charge in [-0.3, -0.25) is 0 Å². The summed E-state index contributed by atoms with van der Waals surface area (Å²) < 4.78 is 87.1. The minimum absolute atomic E-state index is 0.0138. The van der Waals surface area contributed by atoms with Crippen LogP contribution in [-0.2, 0) is 0 Å². The van der Waals surface area contributed by atoms with Crippen LogP contribution in [-0.4, -0.2) is 4.57 Å². The van der Waals surface area contributed by atoms with E-state index < -0.39 is 30.2 Å². The monoisotopic (exact) mass is 607 g/mol. The number of benzene rings is 8. The first-order valence-corrected chi connectivity index (χ1v) is 15.4. The van der Waals surface area contributed by atoms with Crippen LogP contribution in [0, 0.1) is 0 Å². The van der Waals surface area contributed by atoms with Gasteiger partial charge in [-0.25, -0.2) is 0 Å². The van der Waals surface area contributed by atoms with Gasteiger partial charge in [-0.2, -0.15) is 0 Å². The molecule has 0 unspecified atom stereocenters. The fraction of sp³-hybridized carbons (Fsp3) is 0. The van der Waals surface area contributed by atoms with Gasteiger partial charge < -0.3 is 13.4 Å². The summed E-state index contributed by atoms with van der Waals surface area (Å²) >= 11 is 0. The third-order valence-electron chi connectivity index (χ3n) is 9.41. The number of para-hydroxylation sites is 2. The van der Waals surface area contributed by atoms with Gasteiger partial charge in [-0.1, -0.05) is 121 Å². The van der Waals surface area contributed by atoms with Crippen molar-refractivity contribution in [3.8, 4) is 17.0 Å². The van der Waals surface area contributed by atoms with Gasteiger partial charge in [0.1, 0.15) is 22.5 Å². The predicted octanol–water partition coefficient (Wildman–Crippen LogP) is 12.6. The highest BCUT2D eigenvalue weighted by atomic mass is 16.3. The Hall–Kier alpha value is -6.32. The van der Waals surface area contributed by atoms with Crippen molar-refractivity contribution >= 4 is 87.0 Å². The zero-order valence-corrected chi connectivity index (χ0v) is 24.6. The molecule has 0 fully saturated rings. The zero-order valence-electron chi connectivity index (χ0n) is 32.6. The van der Waals surface area contributed by atoms with Crippen molar-refractivity contribution in [1.82, 2.24) is 4.57 Å². The van der Waals surface area contributed by atoms with Gasteiger partial charge >= 0.3 is 0 Å². The number of rotatable bonds is 2. The molecule has 0 atom stereocenters. The molecule has 11 rings (SSSR count). The molecule has 3 heterocycles. The largest absolute Gasteiger partial charge is 0.456 e. The van der Waals surface area contributed by atoms with Crippen molar-refractivity contribution in [3.05, 3.63) is 151 Å². The van der Waals surface area contributed by atoms with E-state index in [1.165, 1.54) is 0 Å². The SMILES string of the molecule is [2H]c1c([2H])c([2H])c2c(oc3c4c([2H])c([2H])c([2H])c([2H])c4c(-n4c5ccc6ccccc6c5c5c6ccccc6ccc54)c(-c4cc5ccccc5o4)c32)c1[2H]. The van der Waals surface area contributed by atoms with E-state index in [-0.39, 0.29) is 50.8 Å². The fourth-order valence-electron chi connectivity index (χ4n) is 7.50. The van der Waals surface area contributed by atoms with E-state index in [1.54, 1.807) is 0 Å². The van der Waals surface area contributed by atoms with Crippen LogP contribution in [0.1, 0.15) is 11.0 Å². The highest BCUT2D eigenvalue weighted by Gasteiger charge is 2.27. The van der Waals surface area contributed by atoms with Gasteiger partial charge in [-0.15, -0.1) is 0 Å². The summed E-state index contributed by atoms with van der Waals surface area (Å²) in [5.41, 5.74) is 2.74. The molecule has 0 aliphatic carbocycles. The Morgan fingerprint density at radius 2 is 1.06 bits per heavy atom. The number of fused-ring (bicyclic) bond motifs is 13. The van der Waals surface area contributed by atoms with E-state index in [2.05, 4.69) is 24.3 Å². The zero-order chi connectivity index (χ0) is 37.6. The molecular formula is C44H25NO2. The van der Waals surface area contributed by atoms with Gasteiger partial charge in [0.15, 0.2) is 0 Å². The second-order valence-electron chi connectivity index (χ2n) is 11.8. The van der Waals surface area contributed by atoms with E-state index in [9.17, 15) is 4.11 Å². The maximum Gasteiger partial charge on any atom is 0.144 e. The van der Waals surface area contributed by atoms with Crippen LogP contribution in [0.25, 0.3) is 104 Å². The lowest BCUT2D eigenvalue weighted by molar-refractivity contribution is 0.631. The topological polar surface area (TPSA) is 31.2 Å². The Morgan fingerprint density at radius 3 is 1.77 bits per heavy atom. The van der Waals surface area contributed by atoms with Crippen molar-refractivity contribution < 1.29 is 19.8 Å². The van der Waals surface area contributed by atoms with Crippen molar-refractivity contribution in [1.29, 1.82) is 0 Å². The molecule has 0 radical (unpaired) electrons. The van der Waals surface area contributed by atoms with Gasteiger partial charge in [0.25, 0.3) is 0 Å². The quantitative estimate of drug-likeness (QED) is 0.196. The normalized spacial score (nSPS) is 14.6. The van der Waals surface area contributed by atoms with Crippen LogP contribution < -0.4 is 0 Å². The van der Waals surface area contributed by atoms with E-state index in [0.29, 0.717) is 22.6 Å². The predicted molar refractivity (Wildman–Crippen MR) is 196 cm³/mol. The summed E-state index contributed by atoms with van der Waals surface area (Å²) in [5, 5.41) is 7.29. The molecule has 3 aromatic heterocycles. The Kier molecular flexibility index (Phi) is 3.61. The fourth-order valence-corrected chi connectivity index (χ4v) is 7.50. The lowest BCUT2D eigenvalue weighted by atomic mass is 9.95. The van der Waals surface area contributed by atoms with Gasteiger partial charge in [0.2, 0.25) is 0 Å². The summed E-state index contributed by atoms with van der Waals surface area (Å²) in [5.74, 6) is 0.335. The van der Waals surface area contributed by atoms with E-state index in [4.69, 9.17) is 15.7 Å². The minimum Gasteiger partial charge on any atom is -0.456 e. The number of nitrogens with zero attached hydrogens (tertiary/aromatic N) is 1. The molecular weight excluding hydrogens is 574 g/mol. The first-order chi connectivity index (χ1) is 26.7. The van der Waals surface area contributed by atoms with Crippen LogP contribution in [0.5, 0.6) is 0 Å². The molecule has 47 heavy (non-hydrogen) atoms. The second kappa shape index (κ2) is 9.12. The van der Waals surface area contributed by atoms with Gasteiger partial charge in [-0.05, 0) is 51.9 Å². The maximum absolute atomic E-state index is 9.57. The smallest absolute Gasteiger partial charge is 0.144 e. The molecule has 3 heteroatoms. The highest BCUT2D eigenvalue weighted by molar-refractivity contribution is 6.31. The third kappa shape index (κ3) is 3.30. The van der Waals surface area contributed by atoms with Crippen molar-refractivity contribution in [3.63, 3.8) is 0 Å². The Labute approximate surface area is 279 Å². The average molecular weight is 608 g/mol. The van der Waals surface area contributed by atoms with E-state index in [0.717, 1.165) is 48.7 Å². The molecule has 0 saturated carbocycles. The van der Waals surface area contributed by atoms with Gasteiger partial charge in [0, 0.05) is 37.7 Å². The number of aromatic nitrogens is 1. The number of hydrogen-bond donors (Lipinski definition) is 0. The van der Waals surface area contributed by atoms with E-state index >= 15 is 0 Å². The van der Waals surface area contributed by atoms with Crippen LogP contribution >= 0.6 is 0 Å². The molecule has 0 N–H and O–H groups in total. The molecule has 8 aromatic carbocycles. The summed E-state index contributed by atoms with van der Waals surface area (Å²) in [6, 6.07) is 30.5. The molecule has 0 spiro atoms. The van der Waals surface area contributed by atoms with Crippen LogP contribution in [0.4, 0.5) is 0 Å². The van der Waals surface area contributed by atoms with Gasteiger partial charge in [0.05, 0.1) is 33.3 Å². The van der Waals surface area contributed by atoms with Crippen LogP contribution in [0.2, 0.25) is 0 Å². The Balaban J connectivity index is 1.52. The lowest BCUT2D eigenvalue weighted by Crippen LogP contribution is -1.99. The van der Waals surface area contributed by atoms with Crippen LogP contribution in [0.15, 0.2) is 160 Å². The standard InChI is InChI=1S/C44H25NO2/c1-4-14-29-26(11-1)21-23-34-39(29)40-30-15-5-2-12-27(30)22-24-35(40)45(34)43-31-16-6-7-17-32(31)44-41(33-18-8-10-20-37(33)47-44)42(43)38-25-28-13-3-9-19-36(28)46-38/h1-25H/i6D,7D,8D,10D,16D,17D,18D,20D. The summed E-state index contributed by atoms with van der Waals surface area (Å²) in [6.07, 6.45) is 0. The number of furan rings is 2. The molecule has 3 nitrogen and oxygen atoms in total. The lowest BCUT2D eigenvalue weighted by Gasteiger charge is -2.17. The summed E-state index contributed by atoms with van der Waals surface area (Å²) in [6.45, 7) is 0. The first kappa shape index (κ1) is 18.6. The number of hydrogen-bond acceptors (Lipinski definition) is 2. The maximum atomic E-state index is 9.57. The van der Waals surface area contributed by atoms with Crippen molar-refractivity contribution in [2.75, 3.05) is 0 Å². The first-order valence-electron chi connectivity index (χ1n) is 19.4. The molecule has 0 saturated heterocycles. The van der Waals surface area contributed by atoms with Crippen LogP contribution in [0.3, 0.4) is 0 Å². The molecule has 11 aromatic rings. The molecule has 218 valence electrons. The van der Waals surface area contributed by atoms with E-state index in [1.807, 2.05) is 83.4 Å². The Morgan fingerprint density at radius 1 is 0.468 bits per heavy atom. The molecule has 0 aliphatic heterocycles. The molecule has 0 bridgehead atoms. The highest BCUT2D eigenvalue weighted by Crippen LogP contribution is 2.50. The molecule has 0 amide bonds. The third-order valence-corrected chi connectivity index (χ3v) is 9.41. The van der Waals surface area contributed by atoms with Crippen molar-refractivity contribution in [2.45, 2.75) is 0 Å². The molecule has 0 aliphatic rings. The Bertz CT molecular complexity index is 3420. The van der Waals surface area contributed by atoms with Crippen molar-refractivity contribution in [2.24, 2.45) is 0 Å².